The Morgan fingerprint density at radius 3 is 2.71 bits per heavy atom. The molecule has 130 valence electrons. The number of nitrogens with two attached hydrogens (primary N) is 1. The van der Waals surface area contributed by atoms with Crippen LogP contribution in [0.5, 0.6) is 0 Å². The van der Waals surface area contributed by atoms with Gasteiger partial charge in [-0.15, -0.1) is 24.2 Å². The highest BCUT2D eigenvalue weighted by Gasteiger charge is 2.29. The minimum absolute atomic E-state index is 0. The van der Waals surface area contributed by atoms with Crippen molar-refractivity contribution in [1.29, 1.82) is 0 Å². The predicted octanol–water partition coefficient (Wildman–Crippen LogP) is 3.30. The SMILES string of the molecule is Cl.NCCSc1c(F)cc2c(=O)c(C(=O)O)cn(C3CC3)c2c1Cl. The number of carbonyl (C=O) groups is 1. The maximum absolute atomic E-state index is 14.3. The van der Waals surface area contributed by atoms with Crippen LogP contribution in [-0.4, -0.2) is 27.9 Å². The Balaban J connectivity index is 0.00000208. The Hall–Kier alpha value is -1.28. The minimum atomic E-state index is -1.33. The molecular weight excluding hydrogens is 378 g/mol. The van der Waals surface area contributed by atoms with Gasteiger partial charge in [0.1, 0.15) is 11.4 Å². The van der Waals surface area contributed by atoms with Crippen molar-refractivity contribution in [2.75, 3.05) is 12.3 Å². The Morgan fingerprint density at radius 2 is 2.17 bits per heavy atom. The second-order valence-corrected chi connectivity index (χ2v) is 6.83. The van der Waals surface area contributed by atoms with E-state index in [9.17, 15) is 19.1 Å². The molecule has 0 aliphatic heterocycles. The van der Waals surface area contributed by atoms with E-state index in [0.717, 1.165) is 18.9 Å². The monoisotopic (exact) mass is 392 g/mol. The summed E-state index contributed by atoms with van der Waals surface area (Å²) in [6.45, 7) is 0.367. The quantitative estimate of drug-likeness (QED) is 0.762. The van der Waals surface area contributed by atoms with Gasteiger partial charge in [-0.25, -0.2) is 9.18 Å². The predicted molar refractivity (Wildman–Crippen MR) is 95.4 cm³/mol. The summed E-state index contributed by atoms with van der Waals surface area (Å²) < 4.78 is 16.0. The molecule has 0 saturated heterocycles. The number of rotatable bonds is 5. The summed E-state index contributed by atoms with van der Waals surface area (Å²) in [4.78, 5) is 23.9. The number of carboxylic acid groups (broad SMARTS) is 1. The molecule has 1 aliphatic rings. The number of thioether (sulfide) groups is 1. The Morgan fingerprint density at radius 1 is 1.50 bits per heavy atom. The van der Waals surface area contributed by atoms with Gasteiger partial charge in [-0.2, -0.15) is 0 Å². The maximum Gasteiger partial charge on any atom is 0.341 e. The third-order valence-electron chi connectivity index (χ3n) is 3.70. The van der Waals surface area contributed by atoms with Gasteiger partial charge in [0.05, 0.1) is 20.8 Å². The lowest BCUT2D eigenvalue weighted by Gasteiger charge is -2.15. The van der Waals surface area contributed by atoms with Crippen LogP contribution in [0.4, 0.5) is 4.39 Å². The van der Waals surface area contributed by atoms with E-state index in [-0.39, 0.29) is 39.3 Å². The number of aromatic carboxylic acids is 1. The molecule has 1 aromatic heterocycles. The molecule has 3 N–H and O–H groups in total. The lowest BCUT2D eigenvalue weighted by molar-refractivity contribution is 0.0695. The number of fused-ring (bicyclic) bond motifs is 1. The van der Waals surface area contributed by atoms with E-state index in [1.807, 2.05) is 0 Å². The molecule has 1 saturated carbocycles. The van der Waals surface area contributed by atoms with Crippen LogP contribution in [0.25, 0.3) is 10.9 Å². The maximum atomic E-state index is 14.3. The van der Waals surface area contributed by atoms with Crippen molar-refractivity contribution in [2.45, 2.75) is 23.8 Å². The normalized spacial score (nSPS) is 13.8. The first-order valence-electron chi connectivity index (χ1n) is 7.08. The molecule has 9 heteroatoms. The van der Waals surface area contributed by atoms with Crippen molar-refractivity contribution in [2.24, 2.45) is 5.73 Å². The molecule has 1 fully saturated rings. The summed E-state index contributed by atoms with van der Waals surface area (Å²) in [5.41, 5.74) is 4.75. The highest BCUT2D eigenvalue weighted by molar-refractivity contribution is 7.99. The smallest absolute Gasteiger partial charge is 0.341 e. The molecule has 1 aromatic carbocycles. The summed E-state index contributed by atoms with van der Waals surface area (Å²) in [6.07, 6.45) is 3.05. The van der Waals surface area contributed by atoms with Crippen LogP contribution in [0.1, 0.15) is 29.2 Å². The first kappa shape index (κ1) is 19.1. The molecule has 5 nitrogen and oxygen atoms in total. The number of nitrogens with zero attached hydrogens (tertiary/aromatic N) is 1. The Kier molecular flexibility index (Phi) is 5.80. The van der Waals surface area contributed by atoms with Crippen LogP contribution >= 0.6 is 35.8 Å². The number of aromatic nitrogens is 1. The van der Waals surface area contributed by atoms with Crippen molar-refractivity contribution in [1.82, 2.24) is 4.57 Å². The first-order chi connectivity index (χ1) is 11.0. The van der Waals surface area contributed by atoms with Crippen molar-refractivity contribution < 1.29 is 14.3 Å². The molecular formula is C15H15Cl2FN2O3S. The van der Waals surface area contributed by atoms with Gasteiger partial charge in [-0.05, 0) is 18.9 Å². The number of halogens is 3. The van der Waals surface area contributed by atoms with Gasteiger partial charge in [0.25, 0.3) is 0 Å². The first-order valence-corrected chi connectivity index (χ1v) is 8.45. The number of hydrogen-bond acceptors (Lipinski definition) is 4. The van der Waals surface area contributed by atoms with Gasteiger partial charge < -0.3 is 15.4 Å². The zero-order chi connectivity index (χ0) is 16.7. The third kappa shape index (κ3) is 3.26. The molecule has 0 spiro atoms. The zero-order valence-corrected chi connectivity index (χ0v) is 14.8. The average Bonchev–Trinajstić information content (AvgIpc) is 3.32. The minimum Gasteiger partial charge on any atom is -0.477 e. The topological polar surface area (TPSA) is 85.3 Å². The van der Waals surface area contributed by atoms with E-state index >= 15 is 0 Å². The molecule has 1 heterocycles. The standard InChI is InChI=1S/C15H14ClFN2O3S.ClH/c16-11-12-8(5-10(17)14(11)23-4-3-18)13(20)9(15(21)22)6-19(12)7-1-2-7;/h5-7H,1-4,18H2,(H,21,22);1H. The van der Waals surface area contributed by atoms with Crippen LogP contribution in [0.15, 0.2) is 22.0 Å². The van der Waals surface area contributed by atoms with Gasteiger partial charge in [0.15, 0.2) is 0 Å². The third-order valence-corrected chi connectivity index (χ3v) is 5.31. The van der Waals surface area contributed by atoms with E-state index in [4.69, 9.17) is 17.3 Å². The van der Waals surface area contributed by atoms with Crippen molar-refractivity contribution in [3.8, 4) is 0 Å². The number of hydrogen-bond donors (Lipinski definition) is 2. The highest BCUT2D eigenvalue weighted by Crippen LogP contribution is 2.41. The molecule has 0 radical (unpaired) electrons. The van der Waals surface area contributed by atoms with Gasteiger partial charge in [0, 0.05) is 24.5 Å². The molecule has 0 amide bonds. The second-order valence-electron chi connectivity index (χ2n) is 5.35. The van der Waals surface area contributed by atoms with E-state index < -0.39 is 17.2 Å². The van der Waals surface area contributed by atoms with Crippen molar-refractivity contribution in [3.63, 3.8) is 0 Å². The molecule has 3 rings (SSSR count). The molecule has 1 aliphatic carbocycles. The molecule has 24 heavy (non-hydrogen) atoms. The van der Waals surface area contributed by atoms with E-state index in [0.29, 0.717) is 17.8 Å². The van der Waals surface area contributed by atoms with Gasteiger partial charge in [-0.3, -0.25) is 4.79 Å². The van der Waals surface area contributed by atoms with Gasteiger partial charge in [0.2, 0.25) is 5.43 Å². The van der Waals surface area contributed by atoms with Crippen LogP contribution < -0.4 is 11.2 Å². The molecule has 0 unspecified atom stereocenters. The number of benzene rings is 1. The van der Waals surface area contributed by atoms with Crippen LogP contribution in [-0.2, 0) is 0 Å². The summed E-state index contributed by atoms with van der Waals surface area (Å²) in [6, 6.07) is 1.17. The number of carboxylic acids is 1. The highest BCUT2D eigenvalue weighted by atomic mass is 35.5. The fraction of sp³-hybridized carbons (Fsp3) is 0.333. The van der Waals surface area contributed by atoms with Gasteiger partial charge in [-0.1, -0.05) is 11.6 Å². The van der Waals surface area contributed by atoms with E-state index in [1.54, 1.807) is 4.57 Å². The van der Waals surface area contributed by atoms with E-state index in [1.165, 1.54) is 18.0 Å². The molecule has 0 atom stereocenters. The Bertz CT molecular complexity index is 868. The molecule has 0 bridgehead atoms. The number of pyridine rings is 1. The summed E-state index contributed by atoms with van der Waals surface area (Å²) in [5, 5.41) is 9.34. The van der Waals surface area contributed by atoms with Crippen LogP contribution in [0.3, 0.4) is 0 Å². The largest absolute Gasteiger partial charge is 0.477 e. The molecule has 2 aromatic rings. The summed E-state index contributed by atoms with van der Waals surface area (Å²) >= 11 is 7.54. The van der Waals surface area contributed by atoms with E-state index in [2.05, 4.69) is 0 Å². The summed E-state index contributed by atoms with van der Waals surface area (Å²) in [7, 11) is 0. The van der Waals surface area contributed by atoms with Crippen LogP contribution in [0, 0.1) is 5.82 Å². The Labute approximate surface area is 152 Å². The van der Waals surface area contributed by atoms with Crippen molar-refractivity contribution in [3.05, 3.63) is 38.9 Å². The fourth-order valence-electron chi connectivity index (χ4n) is 2.51. The zero-order valence-electron chi connectivity index (χ0n) is 12.4. The average molecular weight is 393 g/mol. The fourth-order valence-corrected chi connectivity index (χ4v) is 3.71. The second kappa shape index (κ2) is 7.31. The van der Waals surface area contributed by atoms with Gasteiger partial charge >= 0.3 is 5.97 Å². The summed E-state index contributed by atoms with van der Waals surface area (Å²) in [5.74, 6) is -1.48. The van der Waals surface area contributed by atoms with Crippen LogP contribution in [0.2, 0.25) is 5.02 Å². The lowest BCUT2D eigenvalue weighted by atomic mass is 10.1. The lowest BCUT2D eigenvalue weighted by Crippen LogP contribution is -2.19. The van der Waals surface area contributed by atoms with Crippen molar-refractivity contribution >= 4 is 52.6 Å².